The Bertz CT molecular complexity index is 1010. The van der Waals surface area contributed by atoms with Crippen LogP contribution in [0.3, 0.4) is 0 Å². The fourth-order valence-electron chi connectivity index (χ4n) is 2.41. The summed E-state index contributed by atoms with van der Waals surface area (Å²) in [6.07, 6.45) is -7.14. The average molecular weight is 613 g/mol. The molecule has 0 aliphatic carbocycles. The molecule has 1 fully saturated rings. The molecule has 0 saturated carbocycles. The molecule has 0 aromatic heterocycles. The standard InChI is InChI=1S/C7H6O2.C6H13NO5.C6H8O7.Na.H2O4S/c8-7(9)6-4-2-1-3-5-6;7-3-5(10)4(9)2(1-8)12-6(3)11;7-3(8)1-6(13,5(11)12)2-4(9)10;;1-5(2,3)4/h1-5H,(H,8,9);2-6,8-11H,1,7H2;13H,1-2H2,(H,7,8)(H,9,10)(H,11,12);;(H2,1,2,3,4)/q;;;+1;/p-1/t;2-,3-,4-,5-,6?;;;/m.1.../s1. The summed E-state index contributed by atoms with van der Waals surface area (Å²) in [6.45, 7) is -0.470. The molecule has 1 aromatic rings. The zero-order valence-electron chi connectivity index (χ0n) is 20.6. The van der Waals surface area contributed by atoms with E-state index >= 15 is 0 Å². The number of aliphatic hydroxyl groups excluding tert-OH is 4. The Balaban J connectivity index is -0.000000473. The van der Waals surface area contributed by atoms with Crippen molar-refractivity contribution in [3.05, 3.63) is 35.9 Å². The number of hydrogen-bond acceptors (Lipinski definition) is 14. The number of aromatic carboxylic acids is 1. The van der Waals surface area contributed by atoms with Crippen LogP contribution < -0.4 is 40.4 Å². The van der Waals surface area contributed by atoms with E-state index in [0.29, 0.717) is 0 Å². The molecule has 2 rings (SSSR count). The van der Waals surface area contributed by atoms with E-state index in [4.69, 9.17) is 58.6 Å². The number of carbonyl (C=O) groups is 4. The van der Waals surface area contributed by atoms with E-state index in [0.717, 1.165) is 0 Å². The van der Waals surface area contributed by atoms with Crippen LogP contribution >= 0.6 is 0 Å². The molecule has 1 aliphatic heterocycles. The van der Waals surface area contributed by atoms with Gasteiger partial charge in [0.15, 0.2) is 11.9 Å². The Hall–Kier alpha value is -2.31. The van der Waals surface area contributed by atoms with Gasteiger partial charge in [0.2, 0.25) is 0 Å². The van der Waals surface area contributed by atoms with Gasteiger partial charge >= 0.3 is 57.9 Å². The van der Waals surface area contributed by atoms with Crippen molar-refractivity contribution in [2.24, 2.45) is 5.73 Å². The number of aliphatic hydroxyl groups is 5. The normalized spacial score (nSPS) is 21.8. The predicted molar refractivity (Wildman–Crippen MR) is 120 cm³/mol. The third-order valence-corrected chi connectivity index (χ3v) is 4.24. The maximum atomic E-state index is 10.3. The maximum absolute atomic E-state index is 10.3. The van der Waals surface area contributed by atoms with E-state index in [-0.39, 0.29) is 35.1 Å². The molecule has 21 heteroatoms. The van der Waals surface area contributed by atoms with Crippen molar-refractivity contribution < 1.29 is 117 Å². The smallest absolute Gasteiger partial charge is 0.545 e. The van der Waals surface area contributed by atoms with E-state index in [1.807, 2.05) is 0 Å². The second-order valence-corrected chi connectivity index (χ2v) is 8.28. The number of carbonyl (C=O) groups excluding carboxylic acids is 1. The van der Waals surface area contributed by atoms with Gasteiger partial charge in [0.25, 0.3) is 0 Å². The number of benzene rings is 1. The summed E-state index contributed by atoms with van der Waals surface area (Å²) in [5.74, 6) is -6.15. The molecule has 5 atom stereocenters. The van der Waals surface area contributed by atoms with Gasteiger partial charge in [-0.05, 0) is 5.56 Å². The largest absolute Gasteiger partial charge is 1.00 e. The number of nitrogens with two attached hydrogens (primary N) is 1. The Morgan fingerprint density at radius 2 is 1.32 bits per heavy atom. The van der Waals surface area contributed by atoms with E-state index in [1.54, 1.807) is 18.2 Å². The first-order valence-corrected chi connectivity index (χ1v) is 11.5. The monoisotopic (exact) mass is 613 g/mol. The third kappa shape index (κ3) is 18.9. The minimum atomic E-state index is -4.67. The molecule has 1 aliphatic rings. The molecular weight excluding hydrogens is 585 g/mol. The van der Waals surface area contributed by atoms with Gasteiger partial charge in [-0.2, -0.15) is 8.42 Å². The molecule has 0 amide bonds. The molecule has 1 saturated heterocycles. The summed E-state index contributed by atoms with van der Waals surface area (Å²) in [7, 11) is -4.67. The van der Waals surface area contributed by atoms with Crippen molar-refractivity contribution in [3.8, 4) is 0 Å². The maximum Gasteiger partial charge on any atom is 1.00 e. The first-order valence-electron chi connectivity index (χ1n) is 10.1. The van der Waals surface area contributed by atoms with E-state index in [1.165, 1.54) is 12.1 Å². The van der Waals surface area contributed by atoms with E-state index < -0.39 is 90.0 Å². The van der Waals surface area contributed by atoms with Gasteiger partial charge in [-0.25, -0.2) is 4.79 Å². The van der Waals surface area contributed by atoms with Gasteiger partial charge in [-0.15, -0.1) is 0 Å². The molecule has 224 valence electrons. The molecule has 0 bridgehead atoms. The molecular formula is C19H28NNaO18S. The summed E-state index contributed by atoms with van der Waals surface area (Å²) in [6, 6.07) is 7.02. The number of hydrogen-bond donors (Lipinski definition) is 11. The van der Waals surface area contributed by atoms with Gasteiger partial charge in [0, 0.05) is 0 Å². The topological polar surface area (TPSA) is 363 Å². The fourth-order valence-corrected chi connectivity index (χ4v) is 2.41. The van der Waals surface area contributed by atoms with Crippen molar-refractivity contribution >= 4 is 34.3 Å². The summed E-state index contributed by atoms with van der Waals surface area (Å²) < 4.78 is 36.3. The van der Waals surface area contributed by atoms with Crippen molar-refractivity contribution in [2.75, 3.05) is 6.61 Å². The van der Waals surface area contributed by atoms with Crippen LogP contribution in [0.5, 0.6) is 0 Å². The molecule has 19 nitrogen and oxygen atoms in total. The SMILES string of the molecule is N[C@H]1C(O)O[C@H](CO)[C@@H](O)[C@@H]1O.O=C(O)CC(O)(CC(=O)O)C(=O)O.O=C([O-])c1ccccc1.O=S(=O)(O)O.[Na+]. The number of aliphatic carboxylic acids is 3. The van der Waals surface area contributed by atoms with Crippen LogP contribution in [0.1, 0.15) is 23.2 Å². The summed E-state index contributed by atoms with van der Waals surface area (Å²) in [4.78, 5) is 40.6. The molecule has 1 unspecified atom stereocenters. The van der Waals surface area contributed by atoms with Crippen LogP contribution in [0.25, 0.3) is 0 Å². The van der Waals surface area contributed by atoms with Crippen LogP contribution in [-0.2, 0) is 29.5 Å². The second-order valence-electron chi connectivity index (χ2n) is 7.39. The van der Waals surface area contributed by atoms with Crippen LogP contribution in [-0.4, -0.2) is 125 Å². The zero-order valence-corrected chi connectivity index (χ0v) is 23.4. The third-order valence-electron chi connectivity index (χ3n) is 4.24. The van der Waals surface area contributed by atoms with Crippen molar-refractivity contribution in [2.45, 2.75) is 49.1 Å². The minimum Gasteiger partial charge on any atom is -0.545 e. The Morgan fingerprint density at radius 3 is 1.60 bits per heavy atom. The van der Waals surface area contributed by atoms with Gasteiger partial charge in [-0.1, -0.05) is 30.3 Å². The Morgan fingerprint density at radius 1 is 0.925 bits per heavy atom. The van der Waals surface area contributed by atoms with Crippen LogP contribution in [0, 0.1) is 0 Å². The molecule has 0 spiro atoms. The van der Waals surface area contributed by atoms with E-state index in [2.05, 4.69) is 0 Å². The molecule has 0 radical (unpaired) electrons. The summed E-state index contributed by atoms with van der Waals surface area (Å²) in [5, 5.41) is 80.0. The zero-order chi connectivity index (χ0) is 31.1. The Kier molecular flexibility index (Phi) is 20.8. The number of carboxylic acids is 4. The minimum absolute atomic E-state index is 0. The molecule has 12 N–H and O–H groups in total. The molecule has 1 heterocycles. The quantitative estimate of drug-likeness (QED) is 0.100. The van der Waals surface area contributed by atoms with Gasteiger partial charge in [-0.3, -0.25) is 18.7 Å². The van der Waals surface area contributed by atoms with Gasteiger partial charge < -0.3 is 61.2 Å². The second kappa shape index (κ2) is 19.7. The van der Waals surface area contributed by atoms with Gasteiger partial charge in [0.1, 0.15) is 18.3 Å². The number of carboxylic acid groups (broad SMARTS) is 4. The van der Waals surface area contributed by atoms with E-state index in [9.17, 15) is 34.5 Å². The van der Waals surface area contributed by atoms with Crippen molar-refractivity contribution in [3.63, 3.8) is 0 Å². The first-order chi connectivity index (χ1) is 17.7. The number of rotatable bonds is 7. The van der Waals surface area contributed by atoms with Crippen LogP contribution in [0.4, 0.5) is 0 Å². The molecule has 40 heavy (non-hydrogen) atoms. The first kappa shape index (κ1) is 42.2. The summed E-state index contributed by atoms with van der Waals surface area (Å²) in [5.41, 5.74) is 2.74. The van der Waals surface area contributed by atoms with Crippen LogP contribution in [0.2, 0.25) is 0 Å². The molecule has 1 aromatic carbocycles. The van der Waals surface area contributed by atoms with Gasteiger partial charge in [0.05, 0.1) is 31.5 Å². The average Bonchev–Trinajstić information content (AvgIpc) is 2.79. The number of ether oxygens (including phenoxy) is 1. The van der Waals surface area contributed by atoms with Crippen molar-refractivity contribution in [1.29, 1.82) is 0 Å². The fraction of sp³-hybridized carbons (Fsp3) is 0.474. The van der Waals surface area contributed by atoms with Crippen molar-refractivity contribution in [1.82, 2.24) is 0 Å². The predicted octanol–water partition coefficient (Wildman–Crippen LogP) is -8.10. The summed E-state index contributed by atoms with van der Waals surface area (Å²) >= 11 is 0. The Labute approximate surface area is 247 Å². The van der Waals surface area contributed by atoms with Crippen LogP contribution in [0.15, 0.2) is 30.3 Å².